The highest BCUT2D eigenvalue weighted by molar-refractivity contribution is 5.22. The van der Waals surface area contributed by atoms with Crippen LogP contribution in [0.2, 0.25) is 0 Å². The molecule has 1 aromatic rings. The van der Waals surface area contributed by atoms with Gasteiger partial charge in [0.25, 0.3) is 0 Å². The van der Waals surface area contributed by atoms with Crippen molar-refractivity contribution in [3.05, 3.63) is 35.4 Å². The third-order valence-electron chi connectivity index (χ3n) is 2.96. The molecule has 0 aromatic heterocycles. The number of methoxy groups -OCH3 is 1. The van der Waals surface area contributed by atoms with Crippen LogP contribution in [0.4, 0.5) is 0 Å². The topological polar surface area (TPSA) is 41.5 Å². The van der Waals surface area contributed by atoms with Crippen LogP contribution in [-0.4, -0.2) is 24.4 Å². The first kappa shape index (κ1) is 14.2. The van der Waals surface area contributed by atoms with Crippen molar-refractivity contribution in [3.8, 4) is 0 Å². The molecule has 17 heavy (non-hydrogen) atoms. The van der Waals surface area contributed by atoms with Gasteiger partial charge in [0.2, 0.25) is 0 Å². The number of hydrogen-bond acceptors (Lipinski definition) is 3. The summed E-state index contributed by atoms with van der Waals surface area (Å²) in [6, 6.07) is 7.99. The second kappa shape index (κ2) is 6.74. The summed E-state index contributed by atoms with van der Waals surface area (Å²) in [6.07, 6.45) is 0.975. The highest BCUT2D eigenvalue weighted by Gasteiger charge is 2.14. The molecule has 0 amide bonds. The van der Waals surface area contributed by atoms with E-state index < -0.39 is 0 Å². The van der Waals surface area contributed by atoms with Crippen molar-refractivity contribution in [2.75, 3.05) is 13.7 Å². The molecule has 0 fully saturated rings. The van der Waals surface area contributed by atoms with E-state index in [9.17, 15) is 0 Å². The summed E-state index contributed by atoms with van der Waals surface area (Å²) in [6.45, 7) is 6.02. The molecule has 1 aromatic carbocycles. The molecule has 0 heterocycles. The summed E-state index contributed by atoms with van der Waals surface area (Å²) < 4.78 is 5.35. The third-order valence-corrected chi connectivity index (χ3v) is 2.96. The number of aliphatic hydroxyl groups excluding tert-OH is 1. The van der Waals surface area contributed by atoms with E-state index >= 15 is 0 Å². The number of benzene rings is 1. The average Bonchev–Trinajstić information content (AvgIpc) is 2.35. The Labute approximate surface area is 104 Å². The zero-order valence-corrected chi connectivity index (χ0v) is 11.0. The summed E-state index contributed by atoms with van der Waals surface area (Å²) in [7, 11) is 1.74. The zero-order chi connectivity index (χ0) is 12.7. The quantitative estimate of drug-likeness (QED) is 0.713. The maximum atomic E-state index is 9.04. The van der Waals surface area contributed by atoms with Crippen LogP contribution in [0.3, 0.4) is 0 Å². The van der Waals surface area contributed by atoms with Crippen molar-refractivity contribution in [2.24, 2.45) is 0 Å². The van der Waals surface area contributed by atoms with E-state index in [2.05, 4.69) is 25.2 Å². The largest absolute Gasteiger partial charge is 0.392 e. The maximum Gasteiger partial charge on any atom is 0.0681 e. The van der Waals surface area contributed by atoms with Gasteiger partial charge < -0.3 is 15.2 Å². The standard InChI is InChI=1S/C14H23NO2/c1-14(2,17-3)7-8-15-10-12-5-4-6-13(9-12)11-16/h4-6,9,15-16H,7-8,10-11H2,1-3H3. The monoisotopic (exact) mass is 237 g/mol. The minimum absolute atomic E-state index is 0.0695. The summed E-state index contributed by atoms with van der Waals surface area (Å²) in [5.41, 5.74) is 2.09. The first-order chi connectivity index (χ1) is 8.07. The number of hydrogen-bond donors (Lipinski definition) is 2. The molecule has 0 spiro atoms. The van der Waals surface area contributed by atoms with Crippen molar-refractivity contribution in [2.45, 2.75) is 39.0 Å². The summed E-state index contributed by atoms with van der Waals surface area (Å²) in [4.78, 5) is 0. The van der Waals surface area contributed by atoms with Gasteiger partial charge in [0, 0.05) is 13.7 Å². The Morgan fingerprint density at radius 2 is 2.00 bits per heavy atom. The highest BCUT2D eigenvalue weighted by atomic mass is 16.5. The van der Waals surface area contributed by atoms with Crippen LogP contribution < -0.4 is 5.32 Å². The van der Waals surface area contributed by atoms with Crippen molar-refractivity contribution in [3.63, 3.8) is 0 Å². The molecule has 96 valence electrons. The van der Waals surface area contributed by atoms with Gasteiger partial charge in [-0.3, -0.25) is 0 Å². The Hall–Kier alpha value is -0.900. The van der Waals surface area contributed by atoms with Crippen LogP contribution in [-0.2, 0) is 17.9 Å². The molecule has 1 rings (SSSR count). The lowest BCUT2D eigenvalue weighted by Crippen LogP contribution is -2.28. The Balaban J connectivity index is 2.31. The normalized spacial score (nSPS) is 11.8. The number of rotatable bonds is 7. The van der Waals surface area contributed by atoms with E-state index in [-0.39, 0.29) is 12.2 Å². The maximum absolute atomic E-state index is 9.04. The lowest BCUT2D eigenvalue weighted by molar-refractivity contribution is 0.0158. The minimum atomic E-state index is -0.0695. The molecule has 0 unspecified atom stereocenters. The average molecular weight is 237 g/mol. The molecule has 0 saturated carbocycles. The summed E-state index contributed by atoms with van der Waals surface area (Å²) in [5.74, 6) is 0. The number of nitrogens with one attached hydrogen (secondary N) is 1. The van der Waals surface area contributed by atoms with Crippen LogP contribution in [0.25, 0.3) is 0 Å². The molecule has 0 aliphatic heterocycles. The van der Waals surface area contributed by atoms with Crippen LogP contribution in [0, 0.1) is 0 Å². The van der Waals surface area contributed by atoms with Crippen LogP contribution >= 0.6 is 0 Å². The van der Waals surface area contributed by atoms with E-state index in [1.807, 2.05) is 18.2 Å². The Morgan fingerprint density at radius 1 is 1.29 bits per heavy atom. The first-order valence-corrected chi connectivity index (χ1v) is 6.02. The van der Waals surface area contributed by atoms with Crippen molar-refractivity contribution >= 4 is 0 Å². The van der Waals surface area contributed by atoms with E-state index in [0.717, 1.165) is 25.1 Å². The van der Waals surface area contributed by atoms with Gasteiger partial charge >= 0.3 is 0 Å². The summed E-state index contributed by atoms with van der Waals surface area (Å²) in [5, 5.41) is 12.4. The molecule has 3 nitrogen and oxygen atoms in total. The van der Waals surface area contributed by atoms with E-state index in [0.29, 0.717) is 0 Å². The van der Waals surface area contributed by atoms with Crippen molar-refractivity contribution in [1.29, 1.82) is 0 Å². The summed E-state index contributed by atoms with van der Waals surface area (Å²) >= 11 is 0. The molecule has 0 aliphatic carbocycles. The molecular weight excluding hydrogens is 214 g/mol. The van der Waals surface area contributed by atoms with Crippen LogP contribution in [0.1, 0.15) is 31.4 Å². The fraction of sp³-hybridized carbons (Fsp3) is 0.571. The van der Waals surface area contributed by atoms with E-state index in [4.69, 9.17) is 9.84 Å². The molecule has 0 saturated heterocycles. The predicted molar refractivity (Wildman–Crippen MR) is 69.8 cm³/mol. The molecule has 0 atom stereocenters. The Bertz CT molecular complexity index is 337. The van der Waals surface area contributed by atoms with Gasteiger partial charge in [0.1, 0.15) is 0 Å². The van der Waals surface area contributed by atoms with Crippen LogP contribution in [0.15, 0.2) is 24.3 Å². The van der Waals surface area contributed by atoms with Crippen molar-refractivity contribution < 1.29 is 9.84 Å². The van der Waals surface area contributed by atoms with E-state index in [1.54, 1.807) is 7.11 Å². The molecule has 0 bridgehead atoms. The second-order valence-electron chi connectivity index (χ2n) is 4.87. The lowest BCUT2D eigenvalue weighted by atomic mass is 10.1. The molecule has 0 radical (unpaired) electrons. The third kappa shape index (κ3) is 5.31. The second-order valence-corrected chi connectivity index (χ2v) is 4.87. The fourth-order valence-corrected chi connectivity index (χ4v) is 1.56. The SMILES string of the molecule is COC(C)(C)CCNCc1cccc(CO)c1. The minimum Gasteiger partial charge on any atom is -0.392 e. The molecule has 0 aliphatic rings. The van der Waals surface area contributed by atoms with Gasteiger partial charge in [-0.25, -0.2) is 0 Å². The van der Waals surface area contributed by atoms with E-state index in [1.165, 1.54) is 5.56 Å². The van der Waals surface area contributed by atoms with Gasteiger partial charge in [0.05, 0.1) is 12.2 Å². The Morgan fingerprint density at radius 3 is 2.65 bits per heavy atom. The first-order valence-electron chi connectivity index (χ1n) is 6.02. The molecule has 3 heteroatoms. The van der Waals surface area contributed by atoms with Gasteiger partial charge in [-0.2, -0.15) is 0 Å². The van der Waals surface area contributed by atoms with Gasteiger partial charge in [-0.1, -0.05) is 24.3 Å². The fourth-order valence-electron chi connectivity index (χ4n) is 1.56. The smallest absolute Gasteiger partial charge is 0.0681 e. The Kier molecular flexibility index (Phi) is 5.62. The van der Waals surface area contributed by atoms with Crippen molar-refractivity contribution in [1.82, 2.24) is 5.32 Å². The zero-order valence-electron chi connectivity index (χ0n) is 11.0. The molecular formula is C14H23NO2. The lowest BCUT2D eigenvalue weighted by Gasteiger charge is -2.22. The number of aliphatic hydroxyl groups is 1. The molecule has 2 N–H and O–H groups in total. The van der Waals surface area contributed by atoms with Gasteiger partial charge in [-0.15, -0.1) is 0 Å². The predicted octanol–water partition coefficient (Wildman–Crippen LogP) is 2.08. The van der Waals surface area contributed by atoms with Crippen LogP contribution in [0.5, 0.6) is 0 Å². The van der Waals surface area contributed by atoms with Gasteiger partial charge in [0.15, 0.2) is 0 Å². The highest BCUT2D eigenvalue weighted by Crippen LogP contribution is 2.11. The number of ether oxygens (including phenoxy) is 1. The van der Waals surface area contributed by atoms with Gasteiger partial charge in [-0.05, 0) is 37.9 Å².